The van der Waals surface area contributed by atoms with E-state index < -0.39 is 0 Å². The van der Waals surface area contributed by atoms with E-state index >= 15 is 0 Å². The molecule has 140 valence electrons. The number of benzene rings is 5. The summed E-state index contributed by atoms with van der Waals surface area (Å²) in [4.78, 5) is 7.15. The summed E-state index contributed by atoms with van der Waals surface area (Å²) in [5.41, 5.74) is 7.19. The third kappa shape index (κ3) is 2.19. The number of hydrogen-bond donors (Lipinski definition) is 2. The largest absolute Gasteiger partial charge is 0.354 e. The van der Waals surface area contributed by atoms with E-state index in [1.54, 1.807) is 0 Å². The monoisotopic (exact) mass is 382 g/mol. The maximum atomic E-state index is 3.59. The highest BCUT2D eigenvalue weighted by Crippen LogP contribution is 2.34. The molecule has 2 heterocycles. The average Bonchev–Trinajstić information content (AvgIpc) is 3.34. The summed E-state index contributed by atoms with van der Waals surface area (Å²) in [6.07, 6.45) is 0. The van der Waals surface area contributed by atoms with Crippen LogP contribution in [0.15, 0.2) is 97.1 Å². The number of rotatable bonds is 1. The number of aromatic amines is 2. The zero-order valence-electron chi connectivity index (χ0n) is 16.2. The van der Waals surface area contributed by atoms with Crippen molar-refractivity contribution in [1.29, 1.82) is 0 Å². The quantitative estimate of drug-likeness (QED) is 0.290. The van der Waals surface area contributed by atoms with Gasteiger partial charge in [-0.25, -0.2) is 0 Å². The van der Waals surface area contributed by atoms with Gasteiger partial charge in [0.2, 0.25) is 0 Å². The van der Waals surface area contributed by atoms with Crippen LogP contribution in [0.4, 0.5) is 0 Å². The summed E-state index contributed by atoms with van der Waals surface area (Å²) >= 11 is 0. The van der Waals surface area contributed by atoms with E-state index in [2.05, 4.69) is 107 Å². The van der Waals surface area contributed by atoms with Crippen LogP contribution in [0.25, 0.3) is 65.5 Å². The zero-order chi connectivity index (χ0) is 19.7. The first kappa shape index (κ1) is 15.8. The van der Waals surface area contributed by atoms with Gasteiger partial charge in [0.1, 0.15) is 0 Å². The summed E-state index contributed by atoms with van der Waals surface area (Å²) < 4.78 is 0. The fourth-order valence-electron chi connectivity index (χ4n) is 4.80. The van der Waals surface area contributed by atoms with Gasteiger partial charge >= 0.3 is 0 Å². The van der Waals surface area contributed by atoms with Crippen LogP contribution in [-0.4, -0.2) is 9.97 Å². The van der Waals surface area contributed by atoms with Crippen molar-refractivity contribution in [3.8, 4) is 11.1 Å². The Bertz CT molecular complexity index is 1750. The van der Waals surface area contributed by atoms with Crippen LogP contribution in [0.2, 0.25) is 0 Å². The van der Waals surface area contributed by atoms with Crippen LogP contribution in [0.1, 0.15) is 0 Å². The molecule has 0 amide bonds. The molecule has 0 saturated carbocycles. The van der Waals surface area contributed by atoms with Crippen molar-refractivity contribution in [2.24, 2.45) is 0 Å². The maximum absolute atomic E-state index is 3.59. The second-order valence-electron chi connectivity index (χ2n) is 8.06. The molecule has 0 atom stereocenters. The number of hydrogen-bond acceptors (Lipinski definition) is 0. The molecule has 0 spiro atoms. The van der Waals surface area contributed by atoms with Crippen LogP contribution in [0.3, 0.4) is 0 Å². The van der Waals surface area contributed by atoms with Gasteiger partial charge in [-0.15, -0.1) is 0 Å². The molecule has 5 aromatic carbocycles. The Labute approximate surface area is 172 Å². The van der Waals surface area contributed by atoms with Gasteiger partial charge in [-0.2, -0.15) is 0 Å². The van der Waals surface area contributed by atoms with E-state index in [4.69, 9.17) is 0 Å². The SMILES string of the molecule is c1ccc2cc3c(cc2c1)[nH]c1ccc(-c2ccc4c(c2)[nH]c2ccccc24)cc13. The molecule has 2 heteroatoms. The van der Waals surface area contributed by atoms with E-state index in [-0.39, 0.29) is 0 Å². The summed E-state index contributed by atoms with van der Waals surface area (Å²) in [5.74, 6) is 0. The fourth-order valence-corrected chi connectivity index (χ4v) is 4.80. The van der Waals surface area contributed by atoms with E-state index in [1.165, 1.54) is 65.5 Å². The van der Waals surface area contributed by atoms with Gasteiger partial charge in [-0.3, -0.25) is 0 Å². The average molecular weight is 382 g/mol. The first-order valence-corrected chi connectivity index (χ1v) is 10.3. The molecular formula is C28H18N2. The van der Waals surface area contributed by atoms with Crippen molar-refractivity contribution in [3.05, 3.63) is 97.1 Å². The van der Waals surface area contributed by atoms with Gasteiger partial charge in [-0.1, -0.05) is 60.7 Å². The third-order valence-corrected chi connectivity index (χ3v) is 6.30. The summed E-state index contributed by atoms with van der Waals surface area (Å²) in [6, 6.07) is 35.0. The molecule has 0 radical (unpaired) electrons. The molecule has 0 fully saturated rings. The number of para-hydroxylation sites is 1. The van der Waals surface area contributed by atoms with Gasteiger partial charge < -0.3 is 9.97 Å². The Morgan fingerprint density at radius 1 is 0.367 bits per heavy atom. The Morgan fingerprint density at radius 2 is 0.967 bits per heavy atom. The minimum Gasteiger partial charge on any atom is -0.354 e. The molecule has 0 saturated heterocycles. The van der Waals surface area contributed by atoms with E-state index in [0.29, 0.717) is 0 Å². The van der Waals surface area contributed by atoms with Gasteiger partial charge in [-0.05, 0) is 58.3 Å². The highest BCUT2D eigenvalue weighted by atomic mass is 14.7. The van der Waals surface area contributed by atoms with Crippen molar-refractivity contribution >= 4 is 54.4 Å². The lowest BCUT2D eigenvalue weighted by Crippen LogP contribution is -1.79. The van der Waals surface area contributed by atoms with Crippen LogP contribution in [-0.2, 0) is 0 Å². The minimum absolute atomic E-state index is 1.18. The molecule has 2 N–H and O–H groups in total. The standard InChI is InChI=1S/C28H18N2/c1-2-6-18-15-28-24(13-17(18)5-1)23-14-19(10-12-26(23)30-28)20-9-11-22-21-7-3-4-8-25(21)29-27(22)16-20/h1-16,29-30H. The molecule has 2 nitrogen and oxygen atoms in total. The summed E-state index contributed by atoms with van der Waals surface area (Å²) in [7, 11) is 0. The Balaban J connectivity index is 1.46. The summed E-state index contributed by atoms with van der Waals surface area (Å²) in [6.45, 7) is 0. The Kier molecular flexibility index (Phi) is 3.03. The zero-order valence-corrected chi connectivity index (χ0v) is 16.2. The highest BCUT2D eigenvalue weighted by molar-refractivity contribution is 6.13. The molecule has 0 aliphatic carbocycles. The highest BCUT2D eigenvalue weighted by Gasteiger charge is 2.09. The number of H-pyrrole nitrogens is 2. The molecule has 0 bridgehead atoms. The van der Waals surface area contributed by atoms with Crippen LogP contribution >= 0.6 is 0 Å². The number of nitrogens with one attached hydrogen (secondary N) is 2. The number of fused-ring (bicyclic) bond motifs is 7. The van der Waals surface area contributed by atoms with Crippen LogP contribution in [0.5, 0.6) is 0 Å². The van der Waals surface area contributed by atoms with Crippen molar-refractivity contribution < 1.29 is 0 Å². The lowest BCUT2D eigenvalue weighted by Gasteiger charge is -2.03. The van der Waals surface area contributed by atoms with E-state index in [0.717, 1.165) is 0 Å². The first-order valence-electron chi connectivity index (χ1n) is 10.3. The van der Waals surface area contributed by atoms with Gasteiger partial charge in [0, 0.05) is 43.6 Å². The van der Waals surface area contributed by atoms with E-state index in [1.807, 2.05) is 0 Å². The summed E-state index contributed by atoms with van der Waals surface area (Å²) in [5, 5.41) is 7.63. The van der Waals surface area contributed by atoms with Crippen molar-refractivity contribution in [2.45, 2.75) is 0 Å². The molecule has 7 rings (SSSR count). The molecule has 30 heavy (non-hydrogen) atoms. The van der Waals surface area contributed by atoms with Gasteiger partial charge in [0.25, 0.3) is 0 Å². The second kappa shape index (κ2) is 5.74. The first-order chi connectivity index (χ1) is 14.8. The molecular weight excluding hydrogens is 364 g/mol. The molecule has 2 aromatic heterocycles. The fraction of sp³-hybridized carbons (Fsp3) is 0. The van der Waals surface area contributed by atoms with Crippen molar-refractivity contribution in [3.63, 3.8) is 0 Å². The topological polar surface area (TPSA) is 31.6 Å². The molecule has 0 aliphatic heterocycles. The second-order valence-corrected chi connectivity index (χ2v) is 8.06. The van der Waals surface area contributed by atoms with Crippen molar-refractivity contribution in [1.82, 2.24) is 9.97 Å². The van der Waals surface area contributed by atoms with Gasteiger partial charge in [0.15, 0.2) is 0 Å². The van der Waals surface area contributed by atoms with Crippen molar-refractivity contribution in [2.75, 3.05) is 0 Å². The maximum Gasteiger partial charge on any atom is 0.0471 e. The lowest BCUT2D eigenvalue weighted by molar-refractivity contribution is 1.54. The predicted octanol–water partition coefficient (Wildman–Crippen LogP) is 7.78. The predicted molar refractivity (Wildman–Crippen MR) is 128 cm³/mol. The smallest absolute Gasteiger partial charge is 0.0471 e. The lowest BCUT2D eigenvalue weighted by atomic mass is 10.0. The molecule has 7 aromatic rings. The van der Waals surface area contributed by atoms with Crippen LogP contribution in [0, 0.1) is 0 Å². The third-order valence-electron chi connectivity index (χ3n) is 6.30. The Hall–Kier alpha value is -4.04. The Morgan fingerprint density at radius 3 is 1.87 bits per heavy atom. The van der Waals surface area contributed by atoms with Gasteiger partial charge in [0.05, 0.1) is 0 Å². The minimum atomic E-state index is 1.18. The number of aromatic nitrogens is 2. The molecule has 0 unspecified atom stereocenters. The molecule has 0 aliphatic rings. The van der Waals surface area contributed by atoms with E-state index in [9.17, 15) is 0 Å². The normalized spacial score (nSPS) is 12.0. The van der Waals surface area contributed by atoms with Crippen LogP contribution < -0.4 is 0 Å².